The number of ether oxygens (including phenoxy) is 1. The molecule has 1 unspecified atom stereocenters. The molecule has 5 nitrogen and oxygen atoms in total. The lowest BCUT2D eigenvalue weighted by Gasteiger charge is -2.36. The van der Waals surface area contributed by atoms with Crippen LogP contribution in [0.2, 0.25) is 0 Å². The van der Waals surface area contributed by atoms with E-state index in [4.69, 9.17) is 10.5 Å². The van der Waals surface area contributed by atoms with Gasteiger partial charge in [-0.25, -0.2) is 9.37 Å². The second-order valence-corrected chi connectivity index (χ2v) is 8.97. The van der Waals surface area contributed by atoms with Gasteiger partial charge in [-0.2, -0.15) is 0 Å². The molecule has 158 valence electrons. The number of rotatable bonds is 5. The average Bonchev–Trinajstić information content (AvgIpc) is 3.59. The van der Waals surface area contributed by atoms with E-state index in [1.165, 1.54) is 25.0 Å². The van der Waals surface area contributed by atoms with Crippen LogP contribution in [0.15, 0.2) is 30.3 Å². The Hall–Kier alpha value is -2.31. The number of carbonyl (C=O) groups excluding carboxylic acids is 1. The molecular weight excluding hydrogens is 381 g/mol. The van der Waals surface area contributed by atoms with Crippen molar-refractivity contribution in [1.82, 2.24) is 9.88 Å². The van der Waals surface area contributed by atoms with Gasteiger partial charge in [0.15, 0.2) is 0 Å². The molecule has 5 rings (SSSR count). The fourth-order valence-electron chi connectivity index (χ4n) is 4.99. The highest BCUT2D eigenvalue weighted by atomic mass is 19.1. The predicted octanol–water partition coefficient (Wildman–Crippen LogP) is 3.55. The van der Waals surface area contributed by atoms with Gasteiger partial charge in [0.25, 0.3) is 5.91 Å². The lowest BCUT2D eigenvalue weighted by atomic mass is 9.90. The maximum absolute atomic E-state index is 13.4. The molecule has 1 aromatic carbocycles. The van der Waals surface area contributed by atoms with Gasteiger partial charge in [0.2, 0.25) is 0 Å². The molecule has 1 aliphatic carbocycles. The van der Waals surface area contributed by atoms with E-state index in [0.29, 0.717) is 12.0 Å². The highest BCUT2D eigenvalue weighted by Crippen LogP contribution is 2.40. The van der Waals surface area contributed by atoms with Crippen LogP contribution in [-0.2, 0) is 17.7 Å². The minimum absolute atomic E-state index is 0.273. The Balaban J connectivity index is 1.37. The molecule has 2 N–H and O–H groups in total. The number of nitrogens with zero attached hydrogens (tertiary/aromatic N) is 2. The number of primary amides is 1. The van der Waals surface area contributed by atoms with Crippen molar-refractivity contribution in [2.45, 2.75) is 44.8 Å². The SMILES string of the molecule is NC(=O)c1cc(-c2ccc(F)cc2)c2c(n1)CN(C[C@H]1CCOC(C3CC3)C1)CC2. The van der Waals surface area contributed by atoms with Gasteiger partial charge in [0, 0.05) is 26.2 Å². The standard InChI is InChI=1S/C24H28FN3O2/c25-18-5-3-16(4-6-18)20-12-21(24(26)29)27-22-14-28(9-7-19(20)22)13-15-8-10-30-23(11-15)17-1-2-17/h3-6,12,15,17,23H,1-2,7-11,13-14H2,(H2,26,29)/t15-,23?/m0/s1. The molecular formula is C24H28FN3O2. The molecule has 6 heteroatoms. The van der Waals surface area contributed by atoms with Crippen molar-refractivity contribution >= 4 is 5.91 Å². The van der Waals surface area contributed by atoms with Crippen LogP contribution in [0.1, 0.15) is 47.4 Å². The number of fused-ring (bicyclic) bond motifs is 1. The second kappa shape index (κ2) is 8.08. The molecule has 1 saturated heterocycles. The maximum atomic E-state index is 13.4. The van der Waals surface area contributed by atoms with Crippen molar-refractivity contribution in [2.24, 2.45) is 17.6 Å². The minimum atomic E-state index is -0.532. The first-order valence-electron chi connectivity index (χ1n) is 11.0. The Kier molecular flexibility index (Phi) is 5.29. The Morgan fingerprint density at radius 1 is 1.23 bits per heavy atom. The van der Waals surface area contributed by atoms with Crippen LogP contribution in [-0.4, -0.2) is 41.6 Å². The number of nitrogens with two attached hydrogens (primary N) is 1. The summed E-state index contributed by atoms with van der Waals surface area (Å²) in [6.07, 6.45) is 6.22. The summed E-state index contributed by atoms with van der Waals surface area (Å²) in [7, 11) is 0. The number of halogens is 1. The van der Waals surface area contributed by atoms with Gasteiger partial charge < -0.3 is 10.5 Å². The molecule has 0 bridgehead atoms. The molecule has 2 aromatic rings. The van der Waals surface area contributed by atoms with Crippen LogP contribution in [0.4, 0.5) is 4.39 Å². The van der Waals surface area contributed by atoms with E-state index in [2.05, 4.69) is 9.88 Å². The number of amides is 1. The summed E-state index contributed by atoms with van der Waals surface area (Å²) in [6.45, 7) is 3.59. The van der Waals surface area contributed by atoms with E-state index >= 15 is 0 Å². The first-order chi connectivity index (χ1) is 14.6. The third-order valence-corrected chi connectivity index (χ3v) is 6.76. The quantitative estimate of drug-likeness (QED) is 0.820. The second-order valence-electron chi connectivity index (χ2n) is 8.97. The Morgan fingerprint density at radius 2 is 2.03 bits per heavy atom. The largest absolute Gasteiger partial charge is 0.378 e. The number of hydrogen-bond acceptors (Lipinski definition) is 4. The van der Waals surface area contributed by atoms with Gasteiger partial charge >= 0.3 is 0 Å². The third-order valence-electron chi connectivity index (χ3n) is 6.76. The number of hydrogen-bond donors (Lipinski definition) is 1. The van der Waals surface area contributed by atoms with Crippen LogP contribution >= 0.6 is 0 Å². The Bertz CT molecular complexity index is 942. The van der Waals surface area contributed by atoms with E-state index in [9.17, 15) is 9.18 Å². The molecule has 1 amide bonds. The van der Waals surface area contributed by atoms with E-state index in [0.717, 1.165) is 73.8 Å². The molecule has 1 saturated carbocycles. The fraction of sp³-hybridized carbons (Fsp3) is 0.500. The van der Waals surface area contributed by atoms with Crippen LogP contribution in [0.5, 0.6) is 0 Å². The molecule has 2 fully saturated rings. The monoisotopic (exact) mass is 409 g/mol. The van der Waals surface area contributed by atoms with Crippen LogP contribution in [0.25, 0.3) is 11.1 Å². The molecule has 2 aliphatic heterocycles. The average molecular weight is 410 g/mol. The molecule has 3 heterocycles. The molecule has 2 atom stereocenters. The molecule has 3 aliphatic rings. The zero-order chi connectivity index (χ0) is 20.7. The lowest BCUT2D eigenvalue weighted by Crippen LogP contribution is -2.39. The molecule has 30 heavy (non-hydrogen) atoms. The van der Waals surface area contributed by atoms with Crippen LogP contribution in [0, 0.1) is 17.7 Å². The smallest absolute Gasteiger partial charge is 0.267 e. The summed E-state index contributed by atoms with van der Waals surface area (Å²) >= 11 is 0. The van der Waals surface area contributed by atoms with E-state index < -0.39 is 5.91 Å². The van der Waals surface area contributed by atoms with Gasteiger partial charge in [-0.3, -0.25) is 9.69 Å². The van der Waals surface area contributed by atoms with Crippen molar-refractivity contribution in [2.75, 3.05) is 19.7 Å². The molecule has 0 spiro atoms. The van der Waals surface area contributed by atoms with Gasteiger partial charge in [-0.15, -0.1) is 0 Å². The normalized spacial score (nSPS) is 24.4. The summed E-state index contributed by atoms with van der Waals surface area (Å²) in [4.78, 5) is 19.0. The summed E-state index contributed by atoms with van der Waals surface area (Å²) in [5.74, 6) is 0.633. The third kappa shape index (κ3) is 4.12. The van der Waals surface area contributed by atoms with Crippen molar-refractivity contribution in [3.63, 3.8) is 0 Å². The van der Waals surface area contributed by atoms with Crippen LogP contribution < -0.4 is 5.73 Å². The first kappa shape index (κ1) is 19.6. The molecule has 0 radical (unpaired) electrons. The van der Waals surface area contributed by atoms with Crippen molar-refractivity contribution in [3.05, 3.63) is 53.1 Å². The lowest BCUT2D eigenvalue weighted by molar-refractivity contribution is -0.0286. The first-order valence-corrected chi connectivity index (χ1v) is 11.0. The Labute approximate surface area is 176 Å². The van der Waals surface area contributed by atoms with Gasteiger partial charge in [-0.05, 0) is 78.8 Å². The van der Waals surface area contributed by atoms with Crippen molar-refractivity contribution in [3.8, 4) is 11.1 Å². The Morgan fingerprint density at radius 3 is 2.77 bits per heavy atom. The minimum Gasteiger partial charge on any atom is -0.378 e. The topological polar surface area (TPSA) is 68.5 Å². The van der Waals surface area contributed by atoms with Crippen molar-refractivity contribution < 1.29 is 13.9 Å². The number of pyridine rings is 1. The van der Waals surface area contributed by atoms with E-state index in [1.807, 2.05) is 0 Å². The fourth-order valence-corrected chi connectivity index (χ4v) is 4.99. The molecule has 1 aromatic heterocycles. The number of carbonyl (C=O) groups is 1. The van der Waals surface area contributed by atoms with E-state index in [-0.39, 0.29) is 11.5 Å². The number of benzene rings is 1. The summed E-state index contributed by atoms with van der Waals surface area (Å²) < 4.78 is 19.4. The van der Waals surface area contributed by atoms with Crippen LogP contribution in [0.3, 0.4) is 0 Å². The number of aromatic nitrogens is 1. The highest BCUT2D eigenvalue weighted by Gasteiger charge is 2.36. The summed E-state index contributed by atoms with van der Waals surface area (Å²) in [5, 5.41) is 0. The van der Waals surface area contributed by atoms with Gasteiger partial charge in [0.05, 0.1) is 11.8 Å². The predicted molar refractivity (Wildman–Crippen MR) is 112 cm³/mol. The van der Waals surface area contributed by atoms with Gasteiger partial charge in [-0.1, -0.05) is 12.1 Å². The van der Waals surface area contributed by atoms with Gasteiger partial charge in [0.1, 0.15) is 11.5 Å². The zero-order valence-electron chi connectivity index (χ0n) is 17.1. The summed E-state index contributed by atoms with van der Waals surface area (Å²) in [6, 6.07) is 8.15. The highest BCUT2D eigenvalue weighted by molar-refractivity contribution is 5.92. The zero-order valence-corrected chi connectivity index (χ0v) is 17.1. The van der Waals surface area contributed by atoms with E-state index in [1.54, 1.807) is 18.2 Å². The maximum Gasteiger partial charge on any atom is 0.267 e. The van der Waals surface area contributed by atoms with Crippen molar-refractivity contribution in [1.29, 1.82) is 0 Å². The summed E-state index contributed by atoms with van der Waals surface area (Å²) in [5.41, 5.74) is 9.73.